The van der Waals surface area contributed by atoms with Crippen molar-refractivity contribution >= 4 is 23.6 Å². The topological polar surface area (TPSA) is 66.4 Å². The Morgan fingerprint density at radius 1 is 1.50 bits per heavy atom. The molecule has 1 rings (SSSR count). The Balaban J connectivity index is 2.28. The van der Waals surface area contributed by atoms with Gasteiger partial charge in [0.25, 0.3) is 0 Å². The summed E-state index contributed by atoms with van der Waals surface area (Å²) in [5.74, 6) is 0.185. The number of amides is 1. The number of carbonyl (C=O) groups is 2. The van der Waals surface area contributed by atoms with Crippen molar-refractivity contribution < 1.29 is 14.7 Å². The molecule has 0 bridgehead atoms. The third-order valence-corrected chi connectivity index (χ3v) is 3.59. The molecule has 0 radical (unpaired) electrons. The number of hydrogen-bond acceptors (Lipinski definition) is 3. The highest BCUT2D eigenvalue weighted by Crippen LogP contribution is 2.29. The molecule has 4 nitrogen and oxygen atoms in total. The molecule has 0 unspecified atom stereocenters. The van der Waals surface area contributed by atoms with Gasteiger partial charge >= 0.3 is 5.97 Å². The smallest absolute Gasteiger partial charge is 0.326 e. The summed E-state index contributed by atoms with van der Waals surface area (Å²) >= 11 is 1.59. The second kappa shape index (κ2) is 6.78. The van der Waals surface area contributed by atoms with Crippen molar-refractivity contribution in [1.29, 1.82) is 0 Å². The van der Waals surface area contributed by atoms with Gasteiger partial charge < -0.3 is 10.4 Å². The van der Waals surface area contributed by atoms with Gasteiger partial charge in [0, 0.05) is 6.42 Å². The number of aliphatic carboxylic acids is 1. The van der Waals surface area contributed by atoms with Crippen LogP contribution >= 0.6 is 11.8 Å². The van der Waals surface area contributed by atoms with Crippen molar-refractivity contribution in [2.75, 3.05) is 12.0 Å². The highest BCUT2D eigenvalue weighted by atomic mass is 32.2. The molecular formula is C11H19NO3S. The van der Waals surface area contributed by atoms with Crippen LogP contribution in [-0.2, 0) is 9.59 Å². The first-order valence-corrected chi connectivity index (χ1v) is 7.04. The number of carboxylic acids is 1. The summed E-state index contributed by atoms with van der Waals surface area (Å²) in [6.07, 6.45) is 6.32. The number of carbonyl (C=O) groups excluding carboxylic acids is 1. The first kappa shape index (κ1) is 13.4. The Hall–Kier alpha value is -0.710. The minimum atomic E-state index is -0.934. The van der Waals surface area contributed by atoms with Crippen LogP contribution in [0.3, 0.4) is 0 Å². The Morgan fingerprint density at radius 3 is 2.62 bits per heavy atom. The van der Waals surface area contributed by atoms with Crippen LogP contribution in [0.2, 0.25) is 0 Å². The first-order valence-electron chi connectivity index (χ1n) is 5.64. The van der Waals surface area contributed by atoms with Crippen molar-refractivity contribution in [2.24, 2.45) is 5.92 Å². The minimum absolute atomic E-state index is 0.113. The summed E-state index contributed by atoms with van der Waals surface area (Å²) < 4.78 is 0. The van der Waals surface area contributed by atoms with Crippen LogP contribution in [0.25, 0.3) is 0 Å². The number of hydrogen-bond donors (Lipinski definition) is 2. The summed E-state index contributed by atoms with van der Waals surface area (Å²) in [5, 5.41) is 11.5. The maximum atomic E-state index is 11.5. The van der Waals surface area contributed by atoms with E-state index >= 15 is 0 Å². The summed E-state index contributed by atoms with van der Waals surface area (Å²) in [6.45, 7) is 0. The van der Waals surface area contributed by atoms with Crippen molar-refractivity contribution in [2.45, 2.75) is 38.1 Å². The SMILES string of the molecule is CSCC[C@@H](NC(=O)CC1CCC1)C(=O)O. The van der Waals surface area contributed by atoms with E-state index in [0.29, 0.717) is 18.8 Å². The molecule has 16 heavy (non-hydrogen) atoms. The van der Waals surface area contributed by atoms with E-state index in [2.05, 4.69) is 5.32 Å². The van der Waals surface area contributed by atoms with Gasteiger partial charge in [-0.25, -0.2) is 4.79 Å². The molecule has 1 fully saturated rings. The lowest BCUT2D eigenvalue weighted by atomic mass is 9.83. The summed E-state index contributed by atoms with van der Waals surface area (Å²) in [7, 11) is 0. The van der Waals surface area contributed by atoms with Crippen molar-refractivity contribution in [3.63, 3.8) is 0 Å². The molecule has 0 saturated heterocycles. The van der Waals surface area contributed by atoms with E-state index < -0.39 is 12.0 Å². The van der Waals surface area contributed by atoms with Crippen LogP contribution in [0.5, 0.6) is 0 Å². The lowest BCUT2D eigenvalue weighted by Gasteiger charge is -2.25. The molecule has 0 aromatic heterocycles. The highest BCUT2D eigenvalue weighted by Gasteiger charge is 2.24. The Morgan fingerprint density at radius 2 is 2.19 bits per heavy atom. The Kier molecular flexibility index (Phi) is 5.66. The van der Waals surface area contributed by atoms with Gasteiger partial charge in [0.05, 0.1) is 0 Å². The van der Waals surface area contributed by atoms with Gasteiger partial charge in [-0.05, 0) is 37.2 Å². The molecule has 1 saturated carbocycles. The maximum Gasteiger partial charge on any atom is 0.326 e. The number of nitrogens with one attached hydrogen (secondary N) is 1. The zero-order valence-corrected chi connectivity index (χ0v) is 10.4. The predicted octanol–water partition coefficient (Wildman–Crippen LogP) is 1.50. The predicted molar refractivity (Wildman–Crippen MR) is 64.5 cm³/mol. The van der Waals surface area contributed by atoms with Crippen LogP contribution in [0.15, 0.2) is 0 Å². The van der Waals surface area contributed by atoms with Crippen molar-refractivity contribution in [3.05, 3.63) is 0 Å². The van der Waals surface area contributed by atoms with Gasteiger partial charge in [0.15, 0.2) is 0 Å². The molecule has 1 aliphatic carbocycles. The van der Waals surface area contributed by atoms with Crippen molar-refractivity contribution in [3.8, 4) is 0 Å². The second-order valence-corrected chi connectivity index (χ2v) is 5.23. The van der Waals surface area contributed by atoms with Gasteiger partial charge in [-0.2, -0.15) is 11.8 Å². The summed E-state index contributed by atoms with van der Waals surface area (Å²) in [4.78, 5) is 22.4. The van der Waals surface area contributed by atoms with Gasteiger partial charge in [-0.3, -0.25) is 4.79 Å². The van der Waals surface area contributed by atoms with Crippen molar-refractivity contribution in [1.82, 2.24) is 5.32 Å². The molecule has 0 aromatic rings. The maximum absolute atomic E-state index is 11.5. The second-order valence-electron chi connectivity index (χ2n) is 4.24. The van der Waals surface area contributed by atoms with E-state index in [4.69, 9.17) is 5.11 Å². The average Bonchev–Trinajstić information content (AvgIpc) is 2.18. The van der Waals surface area contributed by atoms with E-state index in [-0.39, 0.29) is 5.91 Å². The summed E-state index contributed by atoms with van der Waals surface area (Å²) in [5.41, 5.74) is 0. The molecule has 1 aliphatic rings. The van der Waals surface area contributed by atoms with E-state index in [1.807, 2.05) is 6.26 Å². The molecule has 0 aliphatic heterocycles. The highest BCUT2D eigenvalue weighted by molar-refractivity contribution is 7.98. The monoisotopic (exact) mass is 245 g/mol. The Labute approximate surface area is 100 Å². The zero-order valence-electron chi connectivity index (χ0n) is 9.57. The van der Waals surface area contributed by atoms with E-state index in [1.54, 1.807) is 11.8 Å². The van der Waals surface area contributed by atoms with E-state index in [1.165, 1.54) is 6.42 Å². The van der Waals surface area contributed by atoms with Gasteiger partial charge in [0.2, 0.25) is 5.91 Å². The fraction of sp³-hybridized carbons (Fsp3) is 0.818. The standard InChI is InChI=1S/C11H19NO3S/c1-16-6-5-9(11(14)15)12-10(13)7-8-3-2-4-8/h8-9H,2-7H2,1H3,(H,12,13)(H,14,15)/t9-/m1/s1. The van der Waals surface area contributed by atoms with Crippen LogP contribution in [0, 0.1) is 5.92 Å². The third-order valence-electron chi connectivity index (χ3n) is 2.94. The van der Waals surface area contributed by atoms with Crippen LogP contribution in [0.4, 0.5) is 0 Å². The molecule has 92 valence electrons. The molecule has 5 heteroatoms. The number of thioether (sulfide) groups is 1. The molecule has 1 amide bonds. The van der Waals surface area contributed by atoms with Gasteiger partial charge in [-0.1, -0.05) is 6.42 Å². The van der Waals surface area contributed by atoms with Gasteiger partial charge in [0.1, 0.15) is 6.04 Å². The fourth-order valence-corrected chi connectivity index (χ4v) is 2.18. The molecule has 1 atom stereocenters. The lowest BCUT2D eigenvalue weighted by molar-refractivity contribution is -0.142. The third kappa shape index (κ3) is 4.43. The van der Waals surface area contributed by atoms with Crippen LogP contribution in [0.1, 0.15) is 32.1 Å². The zero-order chi connectivity index (χ0) is 12.0. The molecule has 0 heterocycles. The first-order chi connectivity index (χ1) is 7.63. The largest absolute Gasteiger partial charge is 0.480 e. The molecule has 0 aromatic carbocycles. The van der Waals surface area contributed by atoms with E-state index in [0.717, 1.165) is 18.6 Å². The minimum Gasteiger partial charge on any atom is -0.480 e. The molecule has 2 N–H and O–H groups in total. The summed E-state index contributed by atoms with van der Waals surface area (Å²) in [6, 6.07) is -0.722. The fourth-order valence-electron chi connectivity index (χ4n) is 1.71. The molecule has 0 spiro atoms. The van der Waals surface area contributed by atoms with E-state index in [9.17, 15) is 9.59 Å². The average molecular weight is 245 g/mol. The van der Waals surface area contributed by atoms with Crippen LogP contribution in [-0.4, -0.2) is 35.0 Å². The number of carboxylic acid groups (broad SMARTS) is 1. The normalized spacial score (nSPS) is 17.6. The number of rotatable bonds is 7. The Bertz CT molecular complexity index is 254. The molecular weight excluding hydrogens is 226 g/mol. The van der Waals surface area contributed by atoms with Gasteiger partial charge in [-0.15, -0.1) is 0 Å². The van der Waals surface area contributed by atoms with Crippen LogP contribution < -0.4 is 5.32 Å². The lowest BCUT2D eigenvalue weighted by Crippen LogP contribution is -2.42. The quantitative estimate of drug-likeness (QED) is 0.713.